The van der Waals surface area contributed by atoms with Crippen molar-refractivity contribution in [2.75, 3.05) is 13.1 Å². The average Bonchev–Trinajstić information content (AvgIpc) is 2.55. The van der Waals surface area contributed by atoms with Crippen LogP contribution in [0.1, 0.15) is 31.0 Å². The smallest absolute Gasteiger partial charge is 0.159 e. The molecular formula is C18H23N3. The fourth-order valence-electron chi connectivity index (χ4n) is 2.97. The summed E-state index contributed by atoms with van der Waals surface area (Å²) < 4.78 is 0. The van der Waals surface area contributed by atoms with Gasteiger partial charge >= 0.3 is 0 Å². The highest BCUT2D eigenvalue weighted by Crippen LogP contribution is 2.25. The molecule has 1 atom stereocenters. The van der Waals surface area contributed by atoms with Crippen molar-refractivity contribution in [3.63, 3.8) is 0 Å². The first-order valence-electron chi connectivity index (χ1n) is 7.97. The second-order valence-electron chi connectivity index (χ2n) is 5.84. The van der Waals surface area contributed by atoms with Crippen LogP contribution >= 0.6 is 0 Å². The number of hydrogen-bond acceptors (Lipinski definition) is 3. The highest BCUT2D eigenvalue weighted by molar-refractivity contribution is 5.54. The number of fused-ring (bicyclic) bond motifs is 1. The number of nitrogens with zero attached hydrogens (tertiary/aromatic N) is 2. The van der Waals surface area contributed by atoms with Gasteiger partial charge in [-0.05, 0) is 50.3 Å². The minimum absolute atomic E-state index is 0.732. The molecule has 1 heterocycles. The molecule has 0 saturated heterocycles. The summed E-state index contributed by atoms with van der Waals surface area (Å²) in [7, 11) is 0. The monoisotopic (exact) mass is 281 g/mol. The molecule has 0 spiro atoms. The van der Waals surface area contributed by atoms with Crippen molar-refractivity contribution in [2.45, 2.75) is 32.6 Å². The Labute approximate surface area is 126 Å². The Bertz CT molecular complexity index is 580. The van der Waals surface area contributed by atoms with Crippen LogP contribution in [0.25, 0.3) is 11.4 Å². The lowest BCUT2D eigenvalue weighted by Gasteiger charge is -2.24. The summed E-state index contributed by atoms with van der Waals surface area (Å²) in [5.74, 6) is 1.59. The van der Waals surface area contributed by atoms with Crippen LogP contribution in [0, 0.1) is 5.92 Å². The molecule has 0 aliphatic heterocycles. The van der Waals surface area contributed by atoms with E-state index < -0.39 is 0 Å². The maximum Gasteiger partial charge on any atom is 0.159 e. The zero-order valence-electron chi connectivity index (χ0n) is 12.7. The minimum atomic E-state index is 0.732. The van der Waals surface area contributed by atoms with Gasteiger partial charge in [-0.1, -0.05) is 37.3 Å². The van der Waals surface area contributed by atoms with Gasteiger partial charge < -0.3 is 5.32 Å². The van der Waals surface area contributed by atoms with Gasteiger partial charge in [0.25, 0.3) is 0 Å². The number of benzene rings is 1. The SMILES string of the molecule is CCCNCC1CCc2nc(-c3ccccc3)ncc2C1. The van der Waals surface area contributed by atoms with Crippen LogP contribution in [0.15, 0.2) is 36.5 Å². The quantitative estimate of drug-likeness (QED) is 0.855. The fraction of sp³-hybridized carbons (Fsp3) is 0.444. The predicted octanol–water partition coefficient (Wildman–Crippen LogP) is 3.25. The Morgan fingerprint density at radius 2 is 2.10 bits per heavy atom. The van der Waals surface area contributed by atoms with E-state index in [1.165, 1.54) is 24.1 Å². The minimum Gasteiger partial charge on any atom is -0.316 e. The number of rotatable bonds is 5. The molecule has 3 nitrogen and oxygen atoms in total. The zero-order valence-corrected chi connectivity index (χ0v) is 12.7. The van der Waals surface area contributed by atoms with Crippen LogP contribution in [-0.2, 0) is 12.8 Å². The Morgan fingerprint density at radius 3 is 2.90 bits per heavy atom. The third-order valence-corrected chi connectivity index (χ3v) is 4.14. The van der Waals surface area contributed by atoms with E-state index in [0.717, 1.165) is 43.2 Å². The summed E-state index contributed by atoms with van der Waals surface area (Å²) in [6.07, 6.45) is 6.66. The van der Waals surface area contributed by atoms with Crippen LogP contribution in [-0.4, -0.2) is 23.1 Å². The number of aryl methyl sites for hydroxylation is 1. The summed E-state index contributed by atoms with van der Waals surface area (Å²) in [4.78, 5) is 9.34. The van der Waals surface area contributed by atoms with E-state index in [1.807, 2.05) is 24.4 Å². The van der Waals surface area contributed by atoms with E-state index in [0.29, 0.717) is 0 Å². The largest absolute Gasteiger partial charge is 0.316 e. The molecule has 21 heavy (non-hydrogen) atoms. The Hall–Kier alpha value is -1.74. The third kappa shape index (κ3) is 3.48. The molecule has 3 heteroatoms. The fourth-order valence-corrected chi connectivity index (χ4v) is 2.97. The van der Waals surface area contributed by atoms with E-state index in [1.54, 1.807) is 0 Å². The molecule has 0 amide bonds. The van der Waals surface area contributed by atoms with Crippen LogP contribution in [0.5, 0.6) is 0 Å². The Morgan fingerprint density at radius 1 is 1.24 bits per heavy atom. The molecule has 1 aliphatic carbocycles. The molecule has 1 aliphatic rings. The lowest BCUT2D eigenvalue weighted by molar-refractivity contribution is 0.420. The van der Waals surface area contributed by atoms with Crippen molar-refractivity contribution in [2.24, 2.45) is 5.92 Å². The summed E-state index contributed by atoms with van der Waals surface area (Å²) in [6, 6.07) is 10.2. The van der Waals surface area contributed by atoms with E-state index in [-0.39, 0.29) is 0 Å². The molecule has 0 fully saturated rings. The number of nitrogens with one attached hydrogen (secondary N) is 1. The van der Waals surface area contributed by atoms with Gasteiger partial charge in [-0.15, -0.1) is 0 Å². The van der Waals surface area contributed by atoms with Gasteiger partial charge in [0, 0.05) is 17.5 Å². The highest BCUT2D eigenvalue weighted by atomic mass is 14.9. The molecular weight excluding hydrogens is 258 g/mol. The van der Waals surface area contributed by atoms with E-state index in [9.17, 15) is 0 Å². The molecule has 0 bridgehead atoms. The molecule has 2 aromatic rings. The first-order chi connectivity index (χ1) is 10.4. The van der Waals surface area contributed by atoms with Crippen molar-refractivity contribution in [3.05, 3.63) is 47.8 Å². The zero-order chi connectivity index (χ0) is 14.5. The van der Waals surface area contributed by atoms with Gasteiger partial charge in [0.15, 0.2) is 5.82 Å². The maximum absolute atomic E-state index is 4.78. The molecule has 110 valence electrons. The van der Waals surface area contributed by atoms with Crippen LogP contribution < -0.4 is 5.32 Å². The second kappa shape index (κ2) is 6.81. The molecule has 0 saturated carbocycles. The number of hydrogen-bond donors (Lipinski definition) is 1. The lowest BCUT2D eigenvalue weighted by atomic mass is 9.87. The van der Waals surface area contributed by atoms with Gasteiger partial charge in [0.1, 0.15) is 0 Å². The normalized spacial score (nSPS) is 17.5. The van der Waals surface area contributed by atoms with E-state index in [2.05, 4.69) is 29.4 Å². The van der Waals surface area contributed by atoms with Crippen molar-refractivity contribution in [1.82, 2.24) is 15.3 Å². The van der Waals surface area contributed by atoms with E-state index >= 15 is 0 Å². The third-order valence-electron chi connectivity index (χ3n) is 4.14. The molecule has 1 N–H and O–H groups in total. The average molecular weight is 281 g/mol. The topological polar surface area (TPSA) is 37.8 Å². The number of aromatic nitrogens is 2. The Balaban J connectivity index is 1.71. The van der Waals surface area contributed by atoms with Crippen molar-refractivity contribution >= 4 is 0 Å². The van der Waals surface area contributed by atoms with Crippen molar-refractivity contribution in [1.29, 1.82) is 0 Å². The van der Waals surface area contributed by atoms with Gasteiger partial charge in [0.2, 0.25) is 0 Å². The van der Waals surface area contributed by atoms with Gasteiger partial charge in [-0.2, -0.15) is 0 Å². The van der Waals surface area contributed by atoms with Crippen molar-refractivity contribution in [3.8, 4) is 11.4 Å². The molecule has 1 aromatic heterocycles. The van der Waals surface area contributed by atoms with E-state index in [4.69, 9.17) is 4.98 Å². The van der Waals surface area contributed by atoms with Crippen LogP contribution in [0.3, 0.4) is 0 Å². The van der Waals surface area contributed by atoms with Gasteiger partial charge in [-0.25, -0.2) is 9.97 Å². The summed E-state index contributed by atoms with van der Waals surface area (Å²) in [6.45, 7) is 4.45. The highest BCUT2D eigenvalue weighted by Gasteiger charge is 2.20. The van der Waals surface area contributed by atoms with Crippen LogP contribution in [0.4, 0.5) is 0 Å². The lowest BCUT2D eigenvalue weighted by Crippen LogP contribution is -2.28. The maximum atomic E-state index is 4.78. The summed E-state index contributed by atoms with van der Waals surface area (Å²) in [5, 5.41) is 3.53. The molecule has 1 aromatic carbocycles. The van der Waals surface area contributed by atoms with Gasteiger partial charge in [0.05, 0.1) is 0 Å². The summed E-state index contributed by atoms with van der Waals surface area (Å²) >= 11 is 0. The van der Waals surface area contributed by atoms with Gasteiger partial charge in [-0.3, -0.25) is 0 Å². The predicted molar refractivity (Wildman–Crippen MR) is 86.1 cm³/mol. The Kier molecular flexibility index (Phi) is 4.61. The van der Waals surface area contributed by atoms with Crippen molar-refractivity contribution < 1.29 is 0 Å². The molecule has 3 rings (SSSR count). The first kappa shape index (κ1) is 14.2. The molecule has 1 unspecified atom stereocenters. The molecule has 0 radical (unpaired) electrons. The first-order valence-corrected chi connectivity index (χ1v) is 7.97. The van der Waals surface area contributed by atoms with Crippen LogP contribution in [0.2, 0.25) is 0 Å². The second-order valence-corrected chi connectivity index (χ2v) is 5.84. The standard InChI is InChI=1S/C18H23N3/c1-2-10-19-12-14-8-9-17-16(11-14)13-20-18(21-17)15-6-4-3-5-7-15/h3-7,13-14,19H,2,8-12H2,1H3. The summed E-state index contributed by atoms with van der Waals surface area (Å²) in [5.41, 5.74) is 3.69.